The number of thioether (sulfide) groups is 1. The van der Waals surface area contributed by atoms with Crippen LogP contribution in [-0.4, -0.2) is 51.5 Å². The first-order valence-corrected chi connectivity index (χ1v) is 7.63. The van der Waals surface area contributed by atoms with Gasteiger partial charge in [0.05, 0.1) is 25.6 Å². The molecule has 0 radical (unpaired) electrons. The quantitative estimate of drug-likeness (QED) is 0.550. The van der Waals surface area contributed by atoms with Crippen LogP contribution in [-0.2, 0) is 19.1 Å². The molecule has 0 saturated carbocycles. The molecule has 0 aromatic carbocycles. The number of allylic oxidation sites excluding steroid dienone is 1. The number of cyclic esters (lactones) is 1. The van der Waals surface area contributed by atoms with Gasteiger partial charge in [0.2, 0.25) is 5.91 Å². The zero-order valence-corrected chi connectivity index (χ0v) is 12.0. The first kappa shape index (κ1) is 14.4. The summed E-state index contributed by atoms with van der Waals surface area (Å²) >= 11 is 1.34. The van der Waals surface area contributed by atoms with E-state index >= 15 is 0 Å². The van der Waals surface area contributed by atoms with Gasteiger partial charge in [0.25, 0.3) is 0 Å². The fourth-order valence-electron chi connectivity index (χ4n) is 2.88. The Hall–Kier alpha value is -1.54. The first-order chi connectivity index (χ1) is 10.0. The maximum atomic E-state index is 11.8. The second-order valence-corrected chi connectivity index (χ2v) is 6.59. The minimum absolute atomic E-state index is 0.0324. The highest BCUT2D eigenvalue weighted by Gasteiger charge is 2.55. The van der Waals surface area contributed by atoms with E-state index in [1.165, 1.54) is 16.7 Å². The Bertz CT molecular complexity index is 545. The lowest BCUT2D eigenvalue weighted by Crippen LogP contribution is -2.58. The van der Waals surface area contributed by atoms with Crippen LogP contribution in [0, 0.1) is 11.8 Å². The van der Waals surface area contributed by atoms with E-state index in [2.05, 4.69) is 0 Å². The molecule has 2 fully saturated rings. The summed E-state index contributed by atoms with van der Waals surface area (Å²) in [5.41, 5.74) is 0.0324. The summed E-state index contributed by atoms with van der Waals surface area (Å²) in [5, 5.41) is 18.2. The standard InChI is InChI=1S/C13H15NO6S/c15-4-7-11(17)14-10(13(18)19)8(21-12(7)14)2-1-6-3-9(16)20-5-6/h6-7,12,15H,1-5H2,(H,18,19)/t6-,7+,12-/m1/s1. The average Bonchev–Trinajstić information content (AvgIpc) is 2.99. The minimum Gasteiger partial charge on any atom is -0.477 e. The van der Waals surface area contributed by atoms with Crippen molar-refractivity contribution in [2.75, 3.05) is 13.2 Å². The van der Waals surface area contributed by atoms with Crippen molar-refractivity contribution in [1.82, 2.24) is 4.90 Å². The van der Waals surface area contributed by atoms with E-state index in [0.717, 1.165) is 0 Å². The van der Waals surface area contributed by atoms with Crippen molar-refractivity contribution < 1.29 is 29.3 Å². The van der Waals surface area contributed by atoms with Crippen molar-refractivity contribution in [1.29, 1.82) is 0 Å². The molecule has 2 N–H and O–H groups in total. The van der Waals surface area contributed by atoms with Crippen LogP contribution in [0.2, 0.25) is 0 Å². The number of ether oxygens (including phenoxy) is 1. The van der Waals surface area contributed by atoms with Crippen LogP contribution >= 0.6 is 11.8 Å². The van der Waals surface area contributed by atoms with Gasteiger partial charge in [-0.15, -0.1) is 11.8 Å². The molecule has 1 amide bonds. The molecule has 0 aliphatic carbocycles. The van der Waals surface area contributed by atoms with Gasteiger partial charge in [-0.1, -0.05) is 0 Å². The zero-order valence-electron chi connectivity index (χ0n) is 11.2. The van der Waals surface area contributed by atoms with Gasteiger partial charge in [0, 0.05) is 10.8 Å². The third-order valence-corrected chi connectivity index (χ3v) is 5.50. The van der Waals surface area contributed by atoms with Gasteiger partial charge < -0.3 is 14.9 Å². The third kappa shape index (κ3) is 2.32. The monoisotopic (exact) mass is 313 g/mol. The third-order valence-electron chi connectivity index (χ3n) is 4.04. The summed E-state index contributed by atoms with van der Waals surface area (Å²) in [6, 6.07) is 0. The maximum absolute atomic E-state index is 11.8. The van der Waals surface area contributed by atoms with E-state index < -0.39 is 11.9 Å². The molecule has 0 bridgehead atoms. The van der Waals surface area contributed by atoms with Crippen molar-refractivity contribution in [3.8, 4) is 0 Å². The average molecular weight is 313 g/mol. The predicted molar refractivity (Wildman–Crippen MR) is 71.8 cm³/mol. The van der Waals surface area contributed by atoms with Gasteiger partial charge >= 0.3 is 11.9 Å². The number of β-lactam (4-membered cyclic amide) rings is 1. The molecule has 8 heteroatoms. The van der Waals surface area contributed by atoms with E-state index in [1.54, 1.807) is 0 Å². The van der Waals surface area contributed by atoms with Gasteiger partial charge in [-0.05, 0) is 12.8 Å². The fraction of sp³-hybridized carbons (Fsp3) is 0.615. The second-order valence-electron chi connectivity index (χ2n) is 5.37. The Morgan fingerprint density at radius 2 is 2.19 bits per heavy atom. The first-order valence-electron chi connectivity index (χ1n) is 6.75. The number of carboxylic acid groups (broad SMARTS) is 1. The highest BCUT2D eigenvalue weighted by Crippen LogP contribution is 2.50. The summed E-state index contributed by atoms with van der Waals surface area (Å²) in [6.45, 7) is 0.114. The topological polar surface area (TPSA) is 104 Å². The molecule has 7 nitrogen and oxygen atoms in total. The van der Waals surface area contributed by atoms with Gasteiger partial charge in [0.15, 0.2) is 0 Å². The van der Waals surface area contributed by atoms with Gasteiger partial charge in [-0.2, -0.15) is 0 Å². The highest BCUT2D eigenvalue weighted by atomic mass is 32.2. The largest absolute Gasteiger partial charge is 0.477 e. The second kappa shape index (κ2) is 5.34. The molecule has 3 aliphatic rings. The molecule has 21 heavy (non-hydrogen) atoms. The number of rotatable bonds is 5. The normalized spacial score (nSPS) is 31.3. The molecule has 3 heterocycles. The number of esters is 1. The molecule has 0 aromatic heterocycles. The van der Waals surface area contributed by atoms with Crippen molar-refractivity contribution >= 4 is 29.6 Å². The molecule has 114 valence electrons. The number of amides is 1. The van der Waals surface area contributed by atoms with Gasteiger partial charge in [0.1, 0.15) is 11.1 Å². The minimum atomic E-state index is -1.12. The van der Waals surface area contributed by atoms with Crippen LogP contribution < -0.4 is 0 Å². The lowest BCUT2D eigenvalue weighted by molar-refractivity contribution is -0.153. The van der Waals surface area contributed by atoms with E-state index in [1.807, 2.05) is 0 Å². The smallest absolute Gasteiger partial charge is 0.353 e. The van der Waals surface area contributed by atoms with Crippen LogP contribution in [0.4, 0.5) is 0 Å². The summed E-state index contributed by atoms with van der Waals surface area (Å²) in [4.78, 5) is 36.2. The Balaban J connectivity index is 1.70. The van der Waals surface area contributed by atoms with E-state index in [0.29, 0.717) is 30.8 Å². The Labute approximate surface area is 124 Å². The van der Waals surface area contributed by atoms with E-state index in [9.17, 15) is 19.5 Å². The van der Waals surface area contributed by atoms with E-state index in [-0.39, 0.29) is 35.5 Å². The van der Waals surface area contributed by atoms with Crippen LogP contribution in [0.5, 0.6) is 0 Å². The summed E-state index contributed by atoms with van der Waals surface area (Å²) < 4.78 is 4.89. The number of hydrogen-bond acceptors (Lipinski definition) is 6. The number of hydrogen-bond donors (Lipinski definition) is 2. The Morgan fingerprint density at radius 1 is 1.43 bits per heavy atom. The van der Waals surface area contributed by atoms with Crippen molar-refractivity contribution in [2.45, 2.75) is 24.6 Å². The molecule has 3 aliphatic heterocycles. The Morgan fingerprint density at radius 3 is 2.76 bits per heavy atom. The van der Waals surface area contributed by atoms with Crippen molar-refractivity contribution in [2.24, 2.45) is 11.8 Å². The zero-order chi connectivity index (χ0) is 15.1. The van der Waals surface area contributed by atoms with Gasteiger partial charge in [-0.3, -0.25) is 14.5 Å². The number of aliphatic hydroxyl groups excluding tert-OH is 1. The molecular formula is C13H15NO6S. The molecule has 0 unspecified atom stereocenters. The highest BCUT2D eigenvalue weighted by molar-refractivity contribution is 8.04. The maximum Gasteiger partial charge on any atom is 0.353 e. The number of carboxylic acids is 1. The van der Waals surface area contributed by atoms with Crippen LogP contribution in [0.25, 0.3) is 0 Å². The number of carbonyl (C=O) groups excluding carboxylic acids is 2. The van der Waals surface area contributed by atoms with E-state index in [4.69, 9.17) is 9.84 Å². The summed E-state index contributed by atoms with van der Waals surface area (Å²) in [6.07, 6.45) is 1.53. The van der Waals surface area contributed by atoms with Crippen molar-refractivity contribution in [3.05, 3.63) is 10.6 Å². The Kier molecular flexibility index (Phi) is 3.66. The number of fused-ring (bicyclic) bond motifs is 1. The molecule has 3 atom stereocenters. The molecular weight excluding hydrogens is 298 g/mol. The molecule has 2 saturated heterocycles. The predicted octanol–water partition coefficient (Wildman–Crippen LogP) is 0.149. The lowest BCUT2D eigenvalue weighted by Gasteiger charge is -2.41. The van der Waals surface area contributed by atoms with Gasteiger partial charge in [-0.25, -0.2) is 4.79 Å². The van der Waals surface area contributed by atoms with Crippen LogP contribution in [0.3, 0.4) is 0 Å². The summed E-state index contributed by atoms with van der Waals surface area (Å²) in [7, 11) is 0. The molecule has 0 spiro atoms. The number of aliphatic hydroxyl groups is 1. The number of aliphatic carboxylic acids is 1. The molecule has 0 aromatic rings. The molecule has 3 rings (SSSR count). The fourth-order valence-corrected chi connectivity index (χ4v) is 4.39. The van der Waals surface area contributed by atoms with Crippen LogP contribution in [0.15, 0.2) is 10.6 Å². The number of carbonyl (C=O) groups is 3. The summed E-state index contributed by atoms with van der Waals surface area (Å²) in [5.74, 6) is -2.08. The van der Waals surface area contributed by atoms with Crippen molar-refractivity contribution in [3.63, 3.8) is 0 Å². The SMILES string of the molecule is O=C1C[C@@H](CCC2=C(C(=O)O)N3C(=O)[C@H](CO)[C@H]3S2)CO1. The lowest BCUT2D eigenvalue weighted by atomic mass is 9.97. The number of nitrogens with zero attached hydrogens (tertiary/aromatic N) is 1. The van der Waals surface area contributed by atoms with Crippen LogP contribution in [0.1, 0.15) is 19.3 Å².